The predicted octanol–water partition coefficient (Wildman–Crippen LogP) is 1.23. The van der Waals surface area contributed by atoms with E-state index in [1.54, 1.807) is 36.7 Å². The van der Waals surface area contributed by atoms with Crippen molar-refractivity contribution in [2.24, 2.45) is 0 Å². The topological polar surface area (TPSA) is 103 Å². The number of carbonyl (C=O) groups excluding carboxylic acids is 2. The van der Waals surface area contributed by atoms with Gasteiger partial charge in [0.2, 0.25) is 5.78 Å². The van der Waals surface area contributed by atoms with Crippen LogP contribution in [0.15, 0.2) is 36.7 Å². The molecule has 0 saturated heterocycles. The van der Waals surface area contributed by atoms with E-state index in [2.05, 4.69) is 9.97 Å². The predicted molar refractivity (Wildman–Crippen MR) is 92.0 cm³/mol. The zero-order chi connectivity index (χ0) is 17.6. The zero-order valence-electron chi connectivity index (χ0n) is 13.7. The van der Waals surface area contributed by atoms with Crippen LogP contribution in [-0.4, -0.2) is 40.2 Å². The molecule has 126 valence electrons. The molecule has 6 heteroatoms. The van der Waals surface area contributed by atoms with Crippen LogP contribution < -0.4 is 5.32 Å². The molecular formula is C19H18N3O3+. The van der Waals surface area contributed by atoms with Gasteiger partial charge in [0.1, 0.15) is 17.1 Å². The van der Waals surface area contributed by atoms with Gasteiger partial charge in [-0.25, -0.2) is 0 Å². The number of likely N-dealkylation sites (N-methyl/N-ethyl adjacent to an activating group) is 1. The number of H-pyrrole nitrogens is 2. The maximum Gasteiger partial charge on any atom is 0.226 e. The molecule has 0 amide bonds. The van der Waals surface area contributed by atoms with Gasteiger partial charge in [0, 0.05) is 24.4 Å². The van der Waals surface area contributed by atoms with Gasteiger partial charge in [-0.2, -0.15) is 0 Å². The first-order chi connectivity index (χ1) is 12.1. The number of hydrogen-bond donors (Lipinski definition) is 4. The molecule has 5 N–H and O–H groups in total. The smallest absolute Gasteiger partial charge is 0.226 e. The fourth-order valence-electron chi connectivity index (χ4n) is 3.36. The first-order valence-corrected chi connectivity index (χ1v) is 8.20. The number of rotatable bonds is 4. The Kier molecular flexibility index (Phi) is 3.54. The van der Waals surface area contributed by atoms with Gasteiger partial charge in [0.15, 0.2) is 5.78 Å². The van der Waals surface area contributed by atoms with Crippen LogP contribution in [0.25, 0.3) is 11.1 Å². The molecule has 1 aliphatic carbocycles. The van der Waals surface area contributed by atoms with Crippen molar-refractivity contribution in [1.29, 1.82) is 0 Å². The second-order valence-corrected chi connectivity index (χ2v) is 6.17. The third kappa shape index (κ3) is 2.30. The van der Waals surface area contributed by atoms with E-state index < -0.39 is 0 Å². The Balaban J connectivity index is 1.84. The van der Waals surface area contributed by atoms with Crippen LogP contribution in [0, 0.1) is 0 Å². The molecule has 0 fully saturated rings. The van der Waals surface area contributed by atoms with Crippen molar-refractivity contribution in [2.45, 2.75) is 6.42 Å². The van der Waals surface area contributed by atoms with E-state index in [4.69, 9.17) is 0 Å². The van der Waals surface area contributed by atoms with Gasteiger partial charge in [0.25, 0.3) is 0 Å². The zero-order valence-corrected chi connectivity index (χ0v) is 13.7. The summed E-state index contributed by atoms with van der Waals surface area (Å²) in [6, 6.07) is 6.59. The summed E-state index contributed by atoms with van der Waals surface area (Å²) in [5.74, 6) is -0.177. The van der Waals surface area contributed by atoms with Gasteiger partial charge < -0.3 is 20.4 Å². The normalized spacial score (nSPS) is 13.0. The Morgan fingerprint density at radius 3 is 2.36 bits per heavy atom. The molecule has 2 heterocycles. The maximum atomic E-state index is 13.2. The Morgan fingerprint density at radius 1 is 0.960 bits per heavy atom. The van der Waals surface area contributed by atoms with Gasteiger partial charge in [-0.1, -0.05) is 12.1 Å². The number of nitrogens with two attached hydrogens (primary N) is 1. The lowest BCUT2D eigenvalue weighted by Crippen LogP contribution is -2.80. The second-order valence-electron chi connectivity index (χ2n) is 6.17. The van der Waals surface area contributed by atoms with Crippen LogP contribution in [0.4, 0.5) is 0 Å². The van der Waals surface area contributed by atoms with E-state index >= 15 is 0 Å². The van der Waals surface area contributed by atoms with Crippen molar-refractivity contribution in [3.05, 3.63) is 64.7 Å². The van der Waals surface area contributed by atoms with Crippen molar-refractivity contribution in [3.63, 3.8) is 0 Å². The second kappa shape index (κ2) is 5.75. The fourth-order valence-corrected chi connectivity index (χ4v) is 3.36. The van der Waals surface area contributed by atoms with Crippen molar-refractivity contribution in [1.82, 2.24) is 9.97 Å². The van der Waals surface area contributed by atoms with E-state index in [-0.39, 0.29) is 17.3 Å². The summed E-state index contributed by atoms with van der Waals surface area (Å²) in [6.07, 6.45) is 4.16. The number of aromatic hydroxyl groups is 1. The molecule has 3 aromatic rings. The average molecular weight is 336 g/mol. The highest BCUT2D eigenvalue weighted by atomic mass is 16.3. The van der Waals surface area contributed by atoms with E-state index in [9.17, 15) is 14.7 Å². The Bertz CT molecular complexity index is 980. The number of phenols is 1. The lowest BCUT2D eigenvalue weighted by molar-refractivity contribution is -0.626. The number of hydrogen-bond acceptors (Lipinski definition) is 3. The van der Waals surface area contributed by atoms with Crippen molar-refractivity contribution < 1.29 is 20.0 Å². The lowest BCUT2D eigenvalue weighted by atomic mass is 9.86. The molecule has 1 aromatic carbocycles. The molecule has 0 unspecified atom stereocenters. The van der Waals surface area contributed by atoms with Crippen LogP contribution in [0.3, 0.4) is 0 Å². The van der Waals surface area contributed by atoms with E-state index in [0.29, 0.717) is 28.1 Å². The number of quaternary nitrogens is 1. The lowest BCUT2D eigenvalue weighted by Gasteiger charge is -2.14. The first-order valence-electron chi connectivity index (χ1n) is 8.20. The summed E-state index contributed by atoms with van der Waals surface area (Å²) in [6.45, 7) is 0.844. The molecule has 0 aliphatic heterocycles. The standard InChI is InChI=1S/C19H17N3O3/c1-20-7-6-11-8-21-16-14(11)18(24)15-13(9-22-17(15)19(16)25)10-2-4-12(23)5-3-10/h2-5,8-9,20-23H,6-7H2,1H3/p+1. The molecular weight excluding hydrogens is 318 g/mol. The summed E-state index contributed by atoms with van der Waals surface area (Å²) >= 11 is 0. The van der Waals surface area contributed by atoms with Gasteiger partial charge in [0.05, 0.1) is 24.7 Å². The Hall–Kier alpha value is -3.12. The molecule has 25 heavy (non-hydrogen) atoms. The third-order valence-corrected chi connectivity index (χ3v) is 4.63. The van der Waals surface area contributed by atoms with E-state index in [1.807, 2.05) is 12.4 Å². The summed E-state index contributed by atoms with van der Waals surface area (Å²) in [4.78, 5) is 31.9. The molecule has 0 bridgehead atoms. The quantitative estimate of drug-likeness (QED) is 0.451. The molecule has 6 nitrogen and oxygen atoms in total. The van der Waals surface area contributed by atoms with Gasteiger partial charge >= 0.3 is 0 Å². The fraction of sp³-hybridized carbons (Fsp3) is 0.158. The molecule has 0 atom stereocenters. The minimum atomic E-state index is -0.193. The number of nitrogens with one attached hydrogen (secondary N) is 2. The first kappa shape index (κ1) is 15.4. The van der Waals surface area contributed by atoms with Crippen molar-refractivity contribution in [2.75, 3.05) is 13.6 Å². The SMILES string of the molecule is C[NH2+]CCc1c[nH]c2c1C(=O)c1c(-c3ccc(O)cc3)c[nH]c1C2=O. The maximum absolute atomic E-state index is 13.2. The Labute approximate surface area is 143 Å². The summed E-state index contributed by atoms with van der Waals surface area (Å²) in [5.41, 5.74) is 3.89. The monoisotopic (exact) mass is 336 g/mol. The molecule has 4 rings (SSSR count). The van der Waals surface area contributed by atoms with Crippen LogP contribution in [-0.2, 0) is 6.42 Å². The molecule has 0 saturated carbocycles. The number of aromatic nitrogens is 2. The average Bonchev–Trinajstić information content (AvgIpc) is 3.23. The largest absolute Gasteiger partial charge is 0.508 e. The molecule has 0 radical (unpaired) electrons. The van der Waals surface area contributed by atoms with E-state index in [1.165, 1.54) is 0 Å². The van der Waals surface area contributed by atoms with Gasteiger partial charge in [-0.15, -0.1) is 0 Å². The van der Waals surface area contributed by atoms with Crippen LogP contribution in [0.1, 0.15) is 37.7 Å². The molecule has 2 aromatic heterocycles. The Morgan fingerprint density at radius 2 is 1.64 bits per heavy atom. The highest BCUT2D eigenvalue weighted by molar-refractivity contribution is 6.29. The molecule has 0 spiro atoms. The number of fused-ring (bicyclic) bond motifs is 2. The summed E-state index contributed by atoms with van der Waals surface area (Å²) in [7, 11) is 1.97. The van der Waals surface area contributed by atoms with Gasteiger partial charge in [-0.3, -0.25) is 9.59 Å². The number of aromatic amines is 2. The van der Waals surface area contributed by atoms with Crippen molar-refractivity contribution in [3.8, 4) is 16.9 Å². The molecule has 1 aliphatic rings. The summed E-state index contributed by atoms with van der Waals surface area (Å²) < 4.78 is 0. The number of phenolic OH excluding ortho intramolecular Hbond substituents is 1. The minimum absolute atomic E-state index is 0.138. The van der Waals surface area contributed by atoms with Crippen molar-refractivity contribution >= 4 is 11.6 Å². The number of carbonyl (C=O) groups is 2. The third-order valence-electron chi connectivity index (χ3n) is 4.63. The van der Waals surface area contributed by atoms with Gasteiger partial charge in [-0.05, 0) is 23.3 Å². The highest BCUT2D eigenvalue weighted by Crippen LogP contribution is 2.35. The number of ketones is 2. The van der Waals surface area contributed by atoms with E-state index in [0.717, 1.165) is 24.1 Å². The van der Waals surface area contributed by atoms with Crippen LogP contribution >= 0.6 is 0 Å². The minimum Gasteiger partial charge on any atom is -0.508 e. The summed E-state index contributed by atoms with van der Waals surface area (Å²) in [5, 5.41) is 11.5. The number of benzene rings is 1. The van der Waals surface area contributed by atoms with Crippen LogP contribution in [0.2, 0.25) is 0 Å². The van der Waals surface area contributed by atoms with Crippen LogP contribution in [0.5, 0.6) is 5.75 Å². The highest BCUT2D eigenvalue weighted by Gasteiger charge is 2.36.